The molecule has 2 N–H and O–H groups in total. The number of nitriles is 1. The second-order valence-electron chi connectivity index (χ2n) is 10.7. The number of rotatable bonds is 8. The molecule has 5 heterocycles. The summed E-state index contributed by atoms with van der Waals surface area (Å²) in [6.07, 6.45) is 5.60. The van der Waals surface area contributed by atoms with Gasteiger partial charge in [0.1, 0.15) is 23.6 Å². The number of aromatic amines is 1. The third-order valence-electron chi connectivity index (χ3n) is 7.91. The highest BCUT2D eigenvalue weighted by Gasteiger charge is 2.48. The van der Waals surface area contributed by atoms with E-state index in [1.165, 1.54) is 12.4 Å². The van der Waals surface area contributed by atoms with E-state index in [-0.39, 0.29) is 24.2 Å². The van der Waals surface area contributed by atoms with Crippen molar-refractivity contribution in [2.45, 2.75) is 62.5 Å². The highest BCUT2D eigenvalue weighted by Crippen LogP contribution is 2.39. The van der Waals surface area contributed by atoms with Crippen LogP contribution in [0.1, 0.15) is 43.6 Å². The third kappa shape index (κ3) is 5.34. The molecule has 0 atom stereocenters. The second kappa shape index (κ2) is 10.7. The summed E-state index contributed by atoms with van der Waals surface area (Å²) in [5.74, 6) is -1.24. The predicted octanol–water partition coefficient (Wildman–Crippen LogP) is 3.66. The lowest BCUT2D eigenvalue weighted by atomic mass is 9.82. The first-order valence-corrected chi connectivity index (χ1v) is 13.5. The Bertz CT molecular complexity index is 1560. The van der Waals surface area contributed by atoms with Gasteiger partial charge < -0.3 is 15.0 Å². The molecule has 2 fully saturated rings. The fourth-order valence-corrected chi connectivity index (χ4v) is 5.89. The lowest BCUT2D eigenvalue weighted by Gasteiger charge is -2.53. The van der Waals surface area contributed by atoms with Crippen molar-refractivity contribution in [3.63, 3.8) is 0 Å². The summed E-state index contributed by atoms with van der Waals surface area (Å²) in [6, 6.07) is 6.03. The predicted molar refractivity (Wildman–Crippen MR) is 141 cm³/mol. The number of halogens is 3. The molecule has 41 heavy (non-hydrogen) atoms. The van der Waals surface area contributed by atoms with Gasteiger partial charge in [-0.2, -0.15) is 28.5 Å². The van der Waals surface area contributed by atoms with E-state index in [9.17, 15) is 18.4 Å². The van der Waals surface area contributed by atoms with Crippen molar-refractivity contribution in [3.8, 4) is 23.2 Å². The van der Waals surface area contributed by atoms with Gasteiger partial charge in [0, 0.05) is 55.1 Å². The molecule has 0 unspecified atom stereocenters. The van der Waals surface area contributed by atoms with Gasteiger partial charge in [-0.15, -0.1) is 0 Å². The summed E-state index contributed by atoms with van der Waals surface area (Å²) in [6.45, 7) is 1.56. The summed E-state index contributed by atoms with van der Waals surface area (Å²) in [4.78, 5) is 21.4. The van der Waals surface area contributed by atoms with Crippen molar-refractivity contribution in [1.29, 1.82) is 5.26 Å². The lowest BCUT2D eigenvalue weighted by molar-refractivity contribution is -0.145. The van der Waals surface area contributed by atoms with E-state index < -0.39 is 17.5 Å². The van der Waals surface area contributed by atoms with Crippen LogP contribution in [0.4, 0.5) is 13.2 Å². The summed E-state index contributed by atoms with van der Waals surface area (Å²) in [7, 11) is 1.64. The Morgan fingerprint density at radius 1 is 1.20 bits per heavy atom. The quantitative estimate of drug-likeness (QED) is 0.328. The van der Waals surface area contributed by atoms with Crippen LogP contribution in [0.5, 0.6) is 5.88 Å². The number of H-pyrrole nitrogens is 1. The fraction of sp³-hybridized carbons (Fsp3) is 0.481. The summed E-state index contributed by atoms with van der Waals surface area (Å²) >= 11 is 0. The zero-order valence-corrected chi connectivity index (χ0v) is 22.4. The first-order valence-electron chi connectivity index (χ1n) is 13.5. The van der Waals surface area contributed by atoms with Crippen LogP contribution >= 0.6 is 0 Å². The molecule has 11 nitrogen and oxygen atoms in total. The van der Waals surface area contributed by atoms with Gasteiger partial charge in [-0.05, 0) is 38.8 Å². The molecular formula is C27H29F3N10O. The smallest absolute Gasteiger partial charge is 0.451 e. The van der Waals surface area contributed by atoms with Crippen LogP contribution in [-0.4, -0.2) is 71.9 Å². The number of alkyl halides is 3. The molecule has 1 aliphatic heterocycles. The Labute approximate surface area is 233 Å². The number of hydrogen-bond acceptors (Lipinski definition) is 9. The highest BCUT2D eigenvalue weighted by molar-refractivity contribution is 5.90. The van der Waals surface area contributed by atoms with Crippen molar-refractivity contribution in [1.82, 2.24) is 44.9 Å². The molecule has 0 bridgehead atoms. The zero-order chi connectivity index (χ0) is 28.6. The van der Waals surface area contributed by atoms with Crippen molar-refractivity contribution in [2.24, 2.45) is 0 Å². The molecule has 4 aromatic rings. The van der Waals surface area contributed by atoms with Crippen molar-refractivity contribution in [2.75, 3.05) is 20.1 Å². The molecular weight excluding hydrogens is 537 g/mol. The van der Waals surface area contributed by atoms with Crippen LogP contribution in [0.15, 0.2) is 37.1 Å². The van der Waals surface area contributed by atoms with E-state index in [1.807, 2.05) is 23.1 Å². The topological polar surface area (TPSA) is 133 Å². The third-order valence-corrected chi connectivity index (χ3v) is 7.91. The monoisotopic (exact) mass is 566 g/mol. The first kappa shape index (κ1) is 27.1. The largest absolute Gasteiger partial charge is 0.474 e. The van der Waals surface area contributed by atoms with Crippen molar-refractivity contribution < 1.29 is 17.9 Å². The number of ether oxygens (including phenoxy) is 1. The Kier molecular flexibility index (Phi) is 7.08. The van der Waals surface area contributed by atoms with E-state index in [0.717, 1.165) is 35.1 Å². The Hall–Kier alpha value is -4.09. The minimum absolute atomic E-state index is 0.0481. The Morgan fingerprint density at radius 3 is 2.73 bits per heavy atom. The van der Waals surface area contributed by atoms with Crippen LogP contribution in [-0.2, 0) is 18.3 Å². The molecule has 6 rings (SSSR count). The molecule has 2 aliphatic rings. The normalized spacial score (nSPS) is 21.0. The van der Waals surface area contributed by atoms with Crippen LogP contribution in [0.3, 0.4) is 0 Å². The molecule has 1 saturated carbocycles. The van der Waals surface area contributed by atoms with Gasteiger partial charge >= 0.3 is 6.18 Å². The van der Waals surface area contributed by atoms with Crippen molar-refractivity contribution in [3.05, 3.63) is 48.6 Å². The average Bonchev–Trinajstić information content (AvgIpc) is 3.61. The van der Waals surface area contributed by atoms with Gasteiger partial charge in [0.05, 0.1) is 30.1 Å². The number of fused-ring (bicyclic) bond motifs is 1. The van der Waals surface area contributed by atoms with Gasteiger partial charge in [0.25, 0.3) is 0 Å². The van der Waals surface area contributed by atoms with Gasteiger partial charge in [0.15, 0.2) is 0 Å². The number of nitrogens with one attached hydrogen (secondary N) is 2. The molecule has 1 aliphatic carbocycles. The minimum Gasteiger partial charge on any atom is -0.474 e. The molecule has 214 valence electrons. The number of aromatic nitrogens is 7. The summed E-state index contributed by atoms with van der Waals surface area (Å²) in [5, 5.41) is 18.0. The van der Waals surface area contributed by atoms with Crippen LogP contribution in [0.2, 0.25) is 0 Å². The summed E-state index contributed by atoms with van der Waals surface area (Å²) < 4.78 is 47.7. The van der Waals surface area contributed by atoms with E-state index in [4.69, 9.17) is 4.74 Å². The first-order chi connectivity index (χ1) is 19.8. The molecule has 4 aromatic heterocycles. The number of nitrogens with zero attached hydrogens (tertiary/aromatic N) is 8. The lowest BCUT2D eigenvalue weighted by Crippen LogP contribution is -2.65. The minimum atomic E-state index is -4.65. The van der Waals surface area contributed by atoms with E-state index in [2.05, 4.69) is 46.3 Å². The molecule has 1 saturated heterocycles. The van der Waals surface area contributed by atoms with Crippen molar-refractivity contribution >= 4 is 11.0 Å². The number of likely N-dealkylation sites (tertiary alicyclic amines) is 1. The maximum absolute atomic E-state index is 13.3. The summed E-state index contributed by atoms with van der Waals surface area (Å²) in [5.41, 5.74) is 2.20. The van der Waals surface area contributed by atoms with E-state index >= 15 is 0 Å². The Morgan fingerprint density at radius 2 is 2.00 bits per heavy atom. The zero-order valence-electron chi connectivity index (χ0n) is 22.4. The fourth-order valence-electron chi connectivity index (χ4n) is 5.89. The van der Waals surface area contributed by atoms with E-state index in [1.54, 1.807) is 13.2 Å². The standard InChI is InChI=1S/C27H29F3N10O/c1-32-12-18-10-22(38-25(37-18)27(28,29)30)41-20-4-2-19(3-5-20)39-14-26(15-39,7-8-31)40-13-17(11-36-40)23-21-6-9-33-24(21)35-16-34-23/h6,9-11,13,16,19-20,32H,2-5,7,12,14-15H2,1H3,(H,33,34,35). The molecule has 0 amide bonds. The maximum atomic E-state index is 13.3. The second-order valence-corrected chi connectivity index (χ2v) is 10.7. The maximum Gasteiger partial charge on any atom is 0.451 e. The highest BCUT2D eigenvalue weighted by atomic mass is 19.4. The van der Waals surface area contributed by atoms with Gasteiger partial charge in [0.2, 0.25) is 11.7 Å². The SMILES string of the molecule is CNCc1cc(OC2CCC(N3CC(CC#N)(n4cc(-c5ncnc6[nH]ccc56)cn4)C3)CC2)nc(C(F)(F)F)n1. The van der Waals surface area contributed by atoms with E-state index in [0.29, 0.717) is 38.4 Å². The molecule has 0 spiro atoms. The van der Waals surface area contributed by atoms with Gasteiger partial charge in [-0.25, -0.2) is 15.0 Å². The molecule has 14 heteroatoms. The average molecular weight is 567 g/mol. The number of hydrogen-bond donors (Lipinski definition) is 2. The van der Waals surface area contributed by atoms with Gasteiger partial charge in [-0.1, -0.05) is 0 Å². The molecule has 0 aromatic carbocycles. The van der Waals surface area contributed by atoms with Crippen LogP contribution in [0, 0.1) is 11.3 Å². The van der Waals surface area contributed by atoms with Crippen LogP contribution in [0.25, 0.3) is 22.3 Å². The van der Waals surface area contributed by atoms with Crippen LogP contribution < -0.4 is 10.1 Å². The van der Waals surface area contributed by atoms with Gasteiger partial charge in [-0.3, -0.25) is 9.58 Å². The Balaban J connectivity index is 1.09. The molecule has 0 radical (unpaired) electrons.